The normalized spacial score (nSPS) is 12.4. The first-order valence-electron chi connectivity index (χ1n) is 17.7. The molecule has 0 aliphatic rings. The Bertz CT molecular complexity index is 1980. The highest BCUT2D eigenvalue weighted by Gasteiger charge is 2.35. The van der Waals surface area contributed by atoms with Crippen molar-refractivity contribution in [3.05, 3.63) is 119 Å². The first kappa shape index (κ1) is 39.3. The summed E-state index contributed by atoms with van der Waals surface area (Å²) < 4.78 is 42.8. The fourth-order valence-corrected chi connectivity index (χ4v) is 8.77. The minimum atomic E-state index is -4.34. The molecule has 51 heavy (non-hydrogen) atoms. The van der Waals surface area contributed by atoms with Gasteiger partial charge in [-0.3, -0.25) is 0 Å². The summed E-state index contributed by atoms with van der Waals surface area (Å²) in [6, 6.07) is 26.0. The average Bonchev–Trinajstić information content (AvgIpc) is 3.58. The molecule has 1 aromatic heterocycles. The van der Waals surface area contributed by atoms with Crippen molar-refractivity contribution in [1.29, 1.82) is 0 Å². The van der Waals surface area contributed by atoms with Crippen LogP contribution in [0.15, 0.2) is 100 Å². The first-order chi connectivity index (χ1) is 24.3. The molecular formula is C42H52N2O6S. The molecule has 0 spiro atoms. The maximum Gasteiger partial charge on any atom is 0.244 e. The van der Waals surface area contributed by atoms with E-state index in [1.165, 1.54) is 37.8 Å². The van der Waals surface area contributed by atoms with E-state index in [-0.39, 0.29) is 17.9 Å². The Balaban J connectivity index is 0.000000573. The molecule has 9 heteroatoms. The molecule has 4 aromatic carbocycles. The van der Waals surface area contributed by atoms with Gasteiger partial charge in [-0.1, -0.05) is 66.7 Å². The van der Waals surface area contributed by atoms with Crippen molar-refractivity contribution in [1.82, 2.24) is 4.31 Å². The number of fused-ring (bicyclic) bond motifs is 1. The molecule has 272 valence electrons. The van der Waals surface area contributed by atoms with E-state index in [2.05, 4.69) is 27.7 Å². The second-order valence-electron chi connectivity index (χ2n) is 13.0. The summed E-state index contributed by atoms with van der Waals surface area (Å²) in [5, 5.41) is 13.6. The van der Waals surface area contributed by atoms with Crippen LogP contribution in [0.1, 0.15) is 55.5 Å². The van der Waals surface area contributed by atoms with E-state index in [1.807, 2.05) is 54.6 Å². The number of ether oxygens (including phenoxy) is 1. The van der Waals surface area contributed by atoms with Gasteiger partial charge in [-0.15, -0.1) is 0 Å². The lowest BCUT2D eigenvalue weighted by Crippen LogP contribution is -2.51. The van der Waals surface area contributed by atoms with Crippen LogP contribution in [0.3, 0.4) is 0 Å². The Morgan fingerprint density at radius 1 is 0.804 bits per heavy atom. The van der Waals surface area contributed by atoms with Gasteiger partial charge in [0.2, 0.25) is 10.0 Å². The number of benzene rings is 4. The quantitative estimate of drug-likeness (QED) is 0.111. The molecule has 1 atom stereocenters. The van der Waals surface area contributed by atoms with E-state index >= 15 is 0 Å². The number of nitrogens with zero attached hydrogens (tertiary/aromatic N) is 2. The number of hydrogen-bond acceptors (Lipinski definition) is 6. The molecular weight excluding hydrogens is 661 g/mol. The van der Waals surface area contributed by atoms with Gasteiger partial charge in [-0.05, 0) is 107 Å². The second-order valence-corrected chi connectivity index (χ2v) is 14.8. The Kier molecular flexibility index (Phi) is 13.3. The van der Waals surface area contributed by atoms with Gasteiger partial charge in [0.15, 0.2) is 0 Å². The number of sulfonamides is 1. The van der Waals surface area contributed by atoms with Crippen molar-refractivity contribution in [3.8, 4) is 17.1 Å². The maximum atomic E-state index is 14.5. The molecule has 0 unspecified atom stereocenters. The zero-order valence-corrected chi connectivity index (χ0v) is 32.0. The van der Waals surface area contributed by atoms with Crippen LogP contribution in [0.2, 0.25) is 0 Å². The monoisotopic (exact) mass is 712 g/mol. The average molecular weight is 713 g/mol. The topological polar surface area (TPSA) is 99.9 Å². The van der Waals surface area contributed by atoms with Crippen LogP contribution < -0.4 is 9.84 Å². The van der Waals surface area contributed by atoms with Gasteiger partial charge in [-0.2, -0.15) is 4.31 Å². The number of carbonyl (C=O) groups excluding carboxylic acids is 1. The standard InChI is InChI=1S/C34H33NO6S.C8H20N/c1-22-17-31(40-4)23(2)24(3)33(22)42(38,39)35(29(34(36)37)19-25-11-6-5-7-12-25)21-26-13-10-15-27(18-26)32-20-28-14-8-9-16-30(28)41-32;1-5-9(6-2,7-3)8-4/h5-18,20,29H,19,21H2,1-4H3,(H,36,37);5-8H2,1-4H3/q;+1/p-1/t29-;/m0./s1. The molecule has 0 N–H and O–H groups in total. The van der Waals surface area contributed by atoms with E-state index in [1.54, 1.807) is 57.2 Å². The van der Waals surface area contributed by atoms with Crippen molar-refractivity contribution in [3.63, 3.8) is 0 Å². The maximum absolute atomic E-state index is 14.5. The van der Waals surface area contributed by atoms with Gasteiger partial charge < -0.3 is 23.5 Å². The predicted molar refractivity (Wildman–Crippen MR) is 203 cm³/mol. The fourth-order valence-electron chi connectivity index (χ4n) is 6.72. The first-order valence-corrected chi connectivity index (χ1v) is 19.1. The van der Waals surface area contributed by atoms with E-state index in [9.17, 15) is 18.3 Å². The number of aliphatic carboxylic acids is 1. The van der Waals surface area contributed by atoms with Crippen molar-refractivity contribution < 1.29 is 32.0 Å². The molecule has 8 nitrogen and oxygen atoms in total. The summed E-state index contributed by atoms with van der Waals surface area (Å²) in [7, 11) is -2.81. The largest absolute Gasteiger partial charge is 0.548 e. The highest BCUT2D eigenvalue weighted by atomic mass is 32.2. The SMILES string of the molecule is CC[N+](CC)(CC)CC.COc1cc(C)c(S(=O)(=O)N(Cc2cccc(-c3cc4ccccc4o3)c2)[C@@H](Cc2ccccc2)C(=O)[O-])c(C)c1C. The molecule has 0 aliphatic heterocycles. The third kappa shape index (κ3) is 8.90. The van der Waals surface area contributed by atoms with Gasteiger partial charge in [0.1, 0.15) is 17.1 Å². The van der Waals surface area contributed by atoms with Gasteiger partial charge >= 0.3 is 0 Å². The van der Waals surface area contributed by atoms with Gasteiger partial charge in [0.05, 0.1) is 50.2 Å². The van der Waals surface area contributed by atoms with E-state index in [0.29, 0.717) is 39.3 Å². The van der Waals surface area contributed by atoms with Crippen LogP contribution in [0, 0.1) is 20.8 Å². The van der Waals surface area contributed by atoms with Crippen molar-refractivity contribution >= 4 is 27.0 Å². The number of rotatable bonds is 14. The number of quaternary nitrogens is 1. The summed E-state index contributed by atoms with van der Waals surface area (Å²) >= 11 is 0. The third-order valence-corrected chi connectivity index (χ3v) is 12.5. The molecule has 5 aromatic rings. The number of methoxy groups -OCH3 is 1. The van der Waals surface area contributed by atoms with Crippen LogP contribution >= 0.6 is 0 Å². The smallest absolute Gasteiger partial charge is 0.244 e. The number of carboxylic acids is 1. The van der Waals surface area contributed by atoms with Crippen LogP contribution in [0.5, 0.6) is 5.75 Å². The van der Waals surface area contributed by atoms with Gasteiger partial charge in [-0.25, -0.2) is 8.42 Å². The zero-order valence-electron chi connectivity index (χ0n) is 31.2. The minimum absolute atomic E-state index is 0.0566. The van der Waals surface area contributed by atoms with Gasteiger partial charge in [0.25, 0.3) is 0 Å². The Morgan fingerprint density at radius 2 is 1.41 bits per heavy atom. The number of para-hydroxylation sites is 1. The van der Waals surface area contributed by atoms with Crippen LogP contribution in [0.4, 0.5) is 0 Å². The molecule has 1 heterocycles. The fraction of sp³-hybridized carbons (Fsp3) is 0.357. The molecule has 5 rings (SSSR count). The van der Waals surface area contributed by atoms with Crippen LogP contribution in [-0.2, 0) is 27.8 Å². The van der Waals surface area contributed by atoms with Crippen molar-refractivity contribution in [2.45, 2.75) is 72.4 Å². The lowest BCUT2D eigenvalue weighted by molar-refractivity contribution is -0.921. The molecule has 0 aliphatic carbocycles. The molecule has 0 fully saturated rings. The van der Waals surface area contributed by atoms with Crippen LogP contribution in [0.25, 0.3) is 22.3 Å². The second kappa shape index (κ2) is 17.2. The van der Waals surface area contributed by atoms with Crippen molar-refractivity contribution in [2.75, 3.05) is 33.3 Å². The minimum Gasteiger partial charge on any atom is -0.548 e. The number of aryl methyl sites for hydroxylation is 1. The molecule has 0 saturated heterocycles. The summed E-state index contributed by atoms with van der Waals surface area (Å²) in [4.78, 5) is 12.7. The number of furan rings is 1. The highest BCUT2D eigenvalue weighted by Crippen LogP contribution is 2.35. The number of carbonyl (C=O) groups is 1. The lowest BCUT2D eigenvalue weighted by Gasteiger charge is -2.34. The summed E-state index contributed by atoms with van der Waals surface area (Å²) in [6.07, 6.45) is -0.0566. The van der Waals surface area contributed by atoms with E-state index in [0.717, 1.165) is 20.8 Å². The summed E-state index contributed by atoms with van der Waals surface area (Å²) in [5.41, 5.74) is 4.42. The Morgan fingerprint density at radius 3 is 1.98 bits per heavy atom. The summed E-state index contributed by atoms with van der Waals surface area (Å²) in [5.74, 6) is -0.281. The number of carboxylic acid groups (broad SMARTS) is 1. The zero-order chi connectivity index (χ0) is 37.3. The Hall–Kier alpha value is -4.44. The molecule has 0 bridgehead atoms. The Labute approximate surface area is 303 Å². The van der Waals surface area contributed by atoms with E-state index < -0.39 is 22.0 Å². The third-order valence-electron chi connectivity index (χ3n) is 10.3. The van der Waals surface area contributed by atoms with Crippen LogP contribution in [-0.4, -0.2) is 62.5 Å². The molecule has 0 amide bonds. The number of hydrogen-bond donors (Lipinski definition) is 0. The highest BCUT2D eigenvalue weighted by molar-refractivity contribution is 7.89. The summed E-state index contributed by atoms with van der Waals surface area (Å²) in [6.45, 7) is 19.2. The van der Waals surface area contributed by atoms with E-state index in [4.69, 9.17) is 9.15 Å². The van der Waals surface area contributed by atoms with Crippen molar-refractivity contribution in [2.24, 2.45) is 0 Å². The lowest BCUT2D eigenvalue weighted by atomic mass is 10.0. The van der Waals surface area contributed by atoms with Gasteiger partial charge in [0, 0.05) is 17.5 Å². The molecule has 0 saturated carbocycles. The molecule has 0 radical (unpaired) electrons. The predicted octanol–water partition coefficient (Wildman–Crippen LogP) is 7.47.